The maximum absolute atomic E-state index is 13.5. The van der Waals surface area contributed by atoms with Gasteiger partial charge in [0, 0.05) is 12.6 Å². The van der Waals surface area contributed by atoms with E-state index in [-0.39, 0.29) is 19.6 Å². The van der Waals surface area contributed by atoms with Gasteiger partial charge >= 0.3 is 17.1 Å². The maximum Gasteiger partial charge on any atom is 0.337 e. The fourth-order valence-electron chi connectivity index (χ4n) is 3.16. The van der Waals surface area contributed by atoms with Crippen molar-refractivity contribution in [3.63, 3.8) is 0 Å². The molecule has 8 nitrogen and oxygen atoms in total. The first-order chi connectivity index (χ1) is 13.4. The molecule has 0 bridgehead atoms. The summed E-state index contributed by atoms with van der Waals surface area (Å²) in [6, 6.07) is 4.22. The molecule has 0 saturated carbocycles. The fraction of sp³-hybridized carbons (Fsp3) is 0.263. The lowest BCUT2D eigenvalue weighted by Gasteiger charge is -2.12. The third kappa shape index (κ3) is 3.15. The summed E-state index contributed by atoms with van der Waals surface area (Å²) in [6.07, 6.45) is 2.81. The Morgan fingerprint density at radius 1 is 0.964 bits per heavy atom. The molecule has 1 aromatic carbocycles. The summed E-state index contributed by atoms with van der Waals surface area (Å²) in [6.45, 7) is 9.26. The Kier molecular flexibility index (Phi) is 5.25. The first kappa shape index (κ1) is 19.3. The second kappa shape index (κ2) is 7.63. The summed E-state index contributed by atoms with van der Waals surface area (Å²) < 4.78 is 18.1. The molecule has 0 radical (unpaired) electrons. The minimum atomic E-state index is -0.754. The Bertz CT molecular complexity index is 1200. The number of nitrogens with zero attached hydrogens (tertiary/aromatic N) is 5. The van der Waals surface area contributed by atoms with Crippen LogP contribution >= 0.6 is 0 Å². The van der Waals surface area contributed by atoms with E-state index in [1.165, 1.54) is 24.3 Å². The normalized spacial score (nSPS) is 11.1. The molecule has 0 aliphatic carbocycles. The predicted octanol–water partition coefficient (Wildman–Crippen LogP) is 1.10. The SMILES string of the molecule is C=CCn1c(=O)n(CC=C)c(=O)n(Cc2nc3cc(F)ccc3n2CC)c1=O. The van der Waals surface area contributed by atoms with Crippen LogP contribution in [0.25, 0.3) is 11.0 Å². The Balaban J connectivity index is 2.25. The second-order valence-electron chi connectivity index (χ2n) is 6.14. The lowest BCUT2D eigenvalue weighted by molar-refractivity contribution is 0.487. The van der Waals surface area contributed by atoms with Gasteiger partial charge < -0.3 is 4.57 Å². The smallest absolute Gasteiger partial charge is 0.327 e. The van der Waals surface area contributed by atoms with E-state index >= 15 is 0 Å². The Hall–Kier alpha value is -3.49. The predicted molar refractivity (Wildman–Crippen MR) is 104 cm³/mol. The van der Waals surface area contributed by atoms with Crippen molar-refractivity contribution >= 4 is 11.0 Å². The highest BCUT2D eigenvalue weighted by Gasteiger charge is 2.17. The number of imidazole rings is 1. The lowest BCUT2D eigenvalue weighted by atomic mass is 10.3. The zero-order valence-corrected chi connectivity index (χ0v) is 15.5. The molecule has 28 heavy (non-hydrogen) atoms. The van der Waals surface area contributed by atoms with Gasteiger partial charge in [0.25, 0.3) is 0 Å². The molecule has 0 amide bonds. The number of hydrogen-bond donors (Lipinski definition) is 0. The first-order valence-electron chi connectivity index (χ1n) is 8.73. The van der Waals surface area contributed by atoms with Gasteiger partial charge in [0.15, 0.2) is 0 Å². The van der Waals surface area contributed by atoms with Crippen LogP contribution in [-0.2, 0) is 26.2 Å². The highest BCUT2D eigenvalue weighted by Crippen LogP contribution is 2.17. The van der Waals surface area contributed by atoms with Crippen molar-refractivity contribution in [3.8, 4) is 0 Å². The van der Waals surface area contributed by atoms with Gasteiger partial charge in [-0.05, 0) is 19.1 Å². The van der Waals surface area contributed by atoms with E-state index in [2.05, 4.69) is 18.1 Å². The summed E-state index contributed by atoms with van der Waals surface area (Å²) in [5, 5.41) is 0. The van der Waals surface area contributed by atoms with Crippen molar-refractivity contribution in [2.45, 2.75) is 33.1 Å². The van der Waals surface area contributed by atoms with Crippen LogP contribution in [0.3, 0.4) is 0 Å². The topological polar surface area (TPSA) is 83.8 Å². The van der Waals surface area contributed by atoms with Gasteiger partial charge in [0.2, 0.25) is 0 Å². The quantitative estimate of drug-likeness (QED) is 0.570. The van der Waals surface area contributed by atoms with Crippen molar-refractivity contribution in [3.05, 3.63) is 86.6 Å². The van der Waals surface area contributed by atoms with Crippen LogP contribution in [0.5, 0.6) is 0 Å². The van der Waals surface area contributed by atoms with E-state index in [4.69, 9.17) is 0 Å². The molecule has 0 spiro atoms. The molecule has 3 rings (SSSR count). The number of fused-ring (bicyclic) bond motifs is 1. The van der Waals surface area contributed by atoms with Crippen LogP contribution in [0, 0.1) is 5.82 Å². The standard InChI is InChI=1S/C19H20FN5O3/c1-4-9-23-17(26)24(10-5-2)19(28)25(18(23)27)12-16-21-14-11-13(20)7-8-15(14)22(16)6-3/h4-5,7-8,11H,1-2,6,9-10,12H2,3H3. The van der Waals surface area contributed by atoms with Crippen LogP contribution in [0.4, 0.5) is 4.39 Å². The minimum absolute atomic E-state index is 0.0372. The van der Waals surface area contributed by atoms with Crippen LogP contribution in [0.1, 0.15) is 12.7 Å². The summed E-state index contributed by atoms with van der Waals surface area (Å²) in [7, 11) is 0. The molecule has 0 N–H and O–H groups in total. The Labute approximate surface area is 159 Å². The molecule has 2 heterocycles. The number of halogens is 1. The number of rotatable bonds is 7. The molecule has 9 heteroatoms. The third-order valence-electron chi connectivity index (χ3n) is 4.41. The zero-order chi connectivity index (χ0) is 20.4. The van der Waals surface area contributed by atoms with Crippen molar-refractivity contribution < 1.29 is 4.39 Å². The van der Waals surface area contributed by atoms with Gasteiger partial charge in [-0.25, -0.2) is 37.5 Å². The van der Waals surface area contributed by atoms with Crippen LogP contribution in [0.15, 0.2) is 57.9 Å². The second-order valence-corrected chi connectivity index (χ2v) is 6.14. The molecule has 3 aromatic rings. The molecule has 0 unspecified atom stereocenters. The minimum Gasteiger partial charge on any atom is -0.327 e. The summed E-state index contributed by atoms with van der Waals surface area (Å²) in [5.74, 6) is -0.0129. The zero-order valence-electron chi connectivity index (χ0n) is 15.5. The molecular formula is C19H20FN5O3. The number of allylic oxidation sites excluding steroid dienone is 2. The van der Waals surface area contributed by atoms with E-state index in [9.17, 15) is 18.8 Å². The van der Waals surface area contributed by atoms with Crippen LogP contribution in [0.2, 0.25) is 0 Å². The molecule has 0 atom stereocenters. The largest absolute Gasteiger partial charge is 0.337 e. The Morgan fingerprint density at radius 2 is 1.54 bits per heavy atom. The first-order valence-corrected chi connectivity index (χ1v) is 8.73. The van der Waals surface area contributed by atoms with Gasteiger partial charge in [-0.2, -0.15) is 0 Å². The van der Waals surface area contributed by atoms with Crippen molar-refractivity contribution in [2.24, 2.45) is 0 Å². The molecule has 2 aromatic heterocycles. The molecule has 0 aliphatic rings. The molecule has 0 aliphatic heterocycles. The van der Waals surface area contributed by atoms with Crippen molar-refractivity contribution in [2.75, 3.05) is 0 Å². The van der Waals surface area contributed by atoms with Crippen molar-refractivity contribution in [1.82, 2.24) is 23.3 Å². The van der Waals surface area contributed by atoms with E-state index < -0.39 is 22.9 Å². The highest BCUT2D eigenvalue weighted by molar-refractivity contribution is 5.76. The molecule has 0 saturated heterocycles. The number of hydrogen-bond acceptors (Lipinski definition) is 4. The lowest BCUT2D eigenvalue weighted by Crippen LogP contribution is -2.54. The average molecular weight is 385 g/mol. The molecular weight excluding hydrogens is 365 g/mol. The number of aromatic nitrogens is 5. The highest BCUT2D eigenvalue weighted by atomic mass is 19.1. The van der Waals surface area contributed by atoms with Crippen LogP contribution in [-0.4, -0.2) is 23.3 Å². The van der Waals surface area contributed by atoms with E-state index in [1.54, 1.807) is 10.6 Å². The van der Waals surface area contributed by atoms with Gasteiger partial charge in [0.1, 0.15) is 11.6 Å². The maximum atomic E-state index is 13.5. The van der Waals surface area contributed by atoms with Crippen molar-refractivity contribution in [1.29, 1.82) is 0 Å². The summed E-state index contributed by atoms with van der Waals surface area (Å²) in [4.78, 5) is 42.4. The summed E-state index contributed by atoms with van der Waals surface area (Å²) >= 11 is 0. The van der Waals surface area contributed by atoms with Gasteiger partial charge in [-0.3, -0.25) is 0 Å². The molecule has 146 valence electrons. The van der Waals surface area contributed by atoms with Gasteiger partial charge in [0.05, 0.1) is 30.7 Å². The fourth-order valence-corrected chi connectivity index (χ4v) is 3.16. The monoisotopic (exact) mass is 385 g/mol. The van der Waals surface area contributed by atoms with Gasteiger partial charge in [-0.1, -0.05) is 12.2 Å². The number of aryl methyl sites for hydroxylation is 1. The summed E-state index contributed by atoms with van der Waals surface area (Å²) in [5.41, 5.74) is -1.11. The van der Waals surface area contributed by atoms with Crippen LogP contribution < -0.4 is 17.1 Å². The molecule has 0 fully saturated rings. The van der Waals surface area contributed by atoms with E-state index in [0.717, 1.165) is 13.7 Å². The Morgan fingerprint density at radius 3 is 2.07 bits per heavy atom. The third-order valence-corrected chi connectivity index (χ3v) is 4.41. The van der Waals surface area contributed by atoms with E-state index in [1.807, 2.05) is 6.92 Å². The van der Waals surface area contributed by atoms with E-state index in [0.29, 0.717) is 23.4 Å². The number of benzene rings is 1. The average Bonchev–Trinajstić information content (AvgIpc) is 3.02. The van der Waals surface area contributed by atoms with Gasteiger partial charge in [-0.15, -0.1) is 13.2 Å².